The minimum Gasteiger partial charge on any atom is -0.458 e. The van der Waals surface area contributed by atoms with Gasteiger partial charge in [-0.2, -0.15) is 0 Å². The van der Waals surface area contributed by atoms with Crippen LogP contribution in [0.15, 0.2) is 29.1 Å². The molecule has 4 heterocycles. The molecular formula is C21H17N3O8. The minimum atomic E-state index is -1.94. The Morgan fingerprint density at radius 1 is 1.25 bits per heavy atom. The third-order valence-electron chi connectivity index (χ3n) is 5.86. The highest BCUT2D eigenvalue weighted by Crippen LogP contribution is 2.46. The number of nitro groups is 1. The van der Waals surface area contributed by atoms with E-state index in [1.807, 2.05) is 12.1 Å². The number of benzene rings is 1. The smallest absolute Gasteiger partial charge is 0.340 e. The van der Waals surface area contributed by atoms with Gasteiger partial charge in [-0.1, -0.05) is 18.2 Å². The molecule has 2 aromatic heterocycles. The molecule has 1 aromatic carbocycles. The number of carbonyl (C=O) groups excluding carboxylic acids is 1. The lowest BCUT2D eigenvalue weighted by molar-refractivity contribution is -0.385. The summed E-state index contributed by atoms with van der Waals surface area (Å²) in [6.07, 6.45) is -2.75. The molecule has 164 valence electrons. The third-order valence-corrected chi connectivity index (χ3v) is 5.86. The van der Waals surface area contributed by atoms with E-state index in [2.05, 4.69) is 4.98 Å². The molecule has 32 heavy (non-hydrogen) atoms. The van der Waals surface area contributed by atoms with Crippen molar-refractivity contribution in [1.29, 1.82) is 0 Å². The predicted octanol–water partition coefficient (Wildman–Crippen LogP) is 1.72. The van der Waals surface area contributed by atoms with Crippen LogP contribution in [0.3, 0.4) is 0 Å². The molecule has 0 spiro atoms. The Hall–Kier alpha value is -3.67. The molecule has 2 aliphatic rings. The summed E-state index contributed by atoms with van der Waals surface area (Å²) in [5.41, 5.74) is 0.183. The number of para-hydroxylation sites is 1. The second-order valence-electron chi connectivity index (χ2n) is 7.42. The molecule has 11 nitrogen and oxygen atoms in total. The Morgan fingerprint density at radius 3 is 2.66 bits per heavy atom. The fraction of sp³-hybridized carbons (Fsp3) is 0.286. The van der Waals surface area contributed by atoms with Crippen LogP contribution in [-0.2, 0) is 32.2 Å². The molecular weight excluding hydrogens is 422 g/mol. The van der Waals surface area contributed by atoms with Gasteiger partial charge in [-0.3, -0.25) is 19.5 Å². The number of hydrogen-bond acceptors (Lipinski definition) is 9. The topological polar surface area (TPSA) is 143 Å². The summed E-state index contributed by atoms with van der Waals surface area (Å²) in [5, 5.41) is 23.2. The molecule has 11 heteroatoms. The summed E-state index contributed by atoms with van der Waals surface area (Å²) in [4.78, 5) is 41.3. The number of aliphatic hydroxyl groups is 1. The number of aromatic nitrogens is 2. The van der Waals surface area contributed by atoms with Crippen molar-refractivity contribution < 1.29 is 29.0 Å². The first kappa shape index (κ1) is 20.2. The number of fused-ring (bicyclic) bond motifs is 5. The van der Waals surface area contributed by atoms with Crippen molar-refractivity contribution in [2.24, 2.45) is 0 Å². The Balaban J connectivity index is 1.93. The number of ether oxygens (including phenoxy) is 3. The second kappa shape index (κ2) is 7.19. The van der Waals surface area contributed by atoms with E-state index in [0.717, 1.165) is 0 Å². The van der Waals surface area contributed by atoms with Gasteiger partial charge in [-0.05, 0) is 6.07 Å². The Morgan fingerprint density at radius 2 is 1.97 bits per heavy atom. The van der Waals surface area contributed by atoms with E-state index in [4.69, 9.17) is 14.2 Å². The largest absolute Gasteiger partial charge is 0.458 e. The maximum atomic E-state index is 13.3. The average Bonchev–Trinajstić information content (AvgIpc) is 3.16. The standard InChI is InChI=1S/C21H17N3O8/c1-30-21(31-2)13-9-5-3-4-6-12(9)22-15-10(13)7-23-17(15)16(24(28)29)14-11(19(23)26)8-32-20(27)18(14)25/h3-6,18,21,25H,7-8H2,1-2H3. The van der Waals surface area contributed by atoms with Gasteiger partial charge in [0.2, 0.25) is 0 Å². The van der Waals surface area contributed by atoms with Gasteiger partial charge in [0.1, 0.15) is 18.0 Å². The minimum absolute atomic E-state index is 0.0158. The van der Waals surface area contributed by atoms with Crippen molar-refractivity contribution >= 4 is 22.6 Å². The summed E-state index contributed by atoms with van der Waals surface area (Å²) in [6.45, 7) is -0.472. The molecule has 0 radical (unpaired) electrons. The highest BCUT2D eigenvalue weighted by molar-refractivity contribution is 5.91. The lowest BCUT2D eigenvalue weighted by Crippen LogP contribution is -2.33. The van der Waals surface area contributed by atoms with Crippen LogP contribution in [0.25, 0.3) is 22.3 Å². The molecule has 0 fully saturated rings. The van der Waals surface area contributed by atoms with Gasteiger partial charge >= 0.3 is 11.7 Å². The molecule has 5 rings (SSSR count). The average molecular weight is 439 g/mol. The van der Waals surface area contributed by atoms with E-state index < -0.39 is 41.1 Å². The highest BCUT2D eigenvalue weighted by atomic mass is 16.7. The molecule has 3 aromatic rings. The normalized spacial score (nSPS) is 16.6. The highest BCUT2D eigenvalue weighted by Gasteiger charge is 2.44. The van der Waals surface area contributed by atoms with E-state index in [1.54, 1.807) is 12.1 Å². The fourth-order valence-corrected chi connectivity index (χ4v) is 4.52. The van der Waals surface area contributed by atoms with Gasteiger partial charge in [0, 0.05) is 30.7 Å². The Labute approximate surface area is 179 Å². The van der Waals surface area contributed by atoms with Crippen LogP contribution in [0.5, 0.6) is 0 Å². The van der Waals surface area contributed by atoms with Gasteiger partial charge in [0.25, 0.3) is 5.56 Å². The van der Waals surface area contributed by atoms with Crippen LogP contribution in [0.2, 0.25) is 0 Å². The maximum Gasteiger partial charge on any atom is 0.340 e. The Kier molecular flexibility index (Phi) is 4.55. The van der Waals surface area contributed by atoms with Crippen LogP contribution < -0.4 is 5.56 Å². The van der Waals surface area contributed by atoms with Crippen LogP contribution in [0.4, 0.5) is 5.69 Å². The van der Waals surface area contributed by atoms with Gasteiger partial charge in [-0.25, -0.2) is 9.78 Å². The van der Waals surface area contributed by atoms with Gasteiger partial charge in [0.05, 0.1) is 28.1 Å². The number of hydrogen-bond donors (Lipinski definition) is 1. The molecule has 0 aliphatic carbocycles. The molecule has 1 N–H and O–H groups in total. The van der Waals surface area contributed by atoms with E-state index in [-0.39, 0.29) is 29.1 Å². The monoisotopic (exact) mass is 439 g/mol. The van der Waals surface area contributed by atoms with E-state index in [0.29, 0.717) is 22.0 Å². The quantitative estimate of drug-likeness (QED) is 0.217. The van der Waals surface area contributed by atoms with Gasteiger partial charge in [0.15, 0.2) is 12.4 Å². The summed E-state index contributed by atoms with van der Waals surface area (Å²) in [6, 6.07) is 7.14. The first-order chi connectivity index (χ1) is 15.4. The van der Waals surface area contributed by atoms with E-state index in [1.165, 1.54) is 18.8 Å². The van der Waals surface area contributed by atoms with Crippen molar-refractivity contribution in [2.45, 2.75) is 25.5 Å². The van der Waals surface area contributed by atoms with Crippen LogP contribution >= 0.6 is 0 Å². The summed E-state index contributed by atoms with van der Waals surface area (Å²) >= 11 is 0. The fourth-order valence-electron chi connectivity index (χ4n) is 4.52. The number of cyclic esters (lactones) is 1. The first-order valence-corrected chi connectivity index (χ1v) is 9.65. The Bertz CT molecular complexity index is 1380. The predicted molar refractivity (Wildman–Crippen MR) is 109 cm³/mol. The van der Waals surface area contributed by atoms with Crippen molar-refractivity contribution in [3.63, 3.8) is 0 Å². The number of esters is 1. The van der Waals surface area contributed by atoms with E-state index in [9.17, 15) is 24.8 Å². The van der Waals surface area contributed by atoms with Crippen LogP contribution in [-0.4, -0.2) is 39.8 Å². The zero-order valence-electron chi connectivity index (χ0n) is 17.0. The SMILES string of the molecule is COC(OC)c1c2c(nc3ccccc13)-c1c([N+](=O)[O-])c3c(c(=O)n1C2)COC(=O)C3O. The molecule has 0 saturated heterocycles. The molecule has 1 unspecified atom stereocenters. The van der Waals surface area contributed by atoms with Crippen molar-refractivity contribution in [3.05, 3.63) is 67.0 Å². The second-order valence-corrected chi connectivity index (χ2v) is 7.42. The van der Waals surface area contributed by atoms with E-state index >= 15 is 0 Å². The zero-order chi connectivity index (χ0) is 22.7. The summed E-state index contributed by atoms with van der Waals surface area (Å²) in [5.74, 6) is -1.05. The van der Waals surface area contributed by atoms with Gasteiger partial charge in [-0.15, -0.1) is 0 Å². The maximum absolute atomic E-state index is 13.3. The number of carbonyl (C=O) groups is 1. The number of methoxy groups -OCH3 is 2. The molecule has 1 atom stereocenters. The number of rotatable bonds is 4. The van der Waals surface area contributed by atoms with Crippen LogP contribution in [0.1, 0.15) is 34.6 Å². The van der Waals surface area contributed by atoms with Crippen molar-refractivity contribution in [2.75, 3.05) is 14.2 Å². The summed E-state index contributed by atoms with van der Waals surface area (Å²) in [7, 11) is 2.93. The number of nitrogens with zero attached hydrogens (tertiary/aromatic N) is 3. The number of aliphatic hydroxyl groups excluding tert-OH is 1. The van der Waals surface area contributed by atoms with Gasteiger partial charge < -0.3 is 19.3 Å². The molecule has 0 bridgehead atoms. The lowest BCUT2D eigenvalue weighted by atomic mass is 9.96. The number of pyridine rings is 2. The third kappa shape index (κ3) is 2.62. The molecule has 0 saturated carbocycles. The van der Waals surface area contributed by atoms with Crippen LogP contribution in [0, 0.1) is 10.1 Å². The molecule has 2 aliphatic heterocycles. The zero-order valence-corrected chi connectivity index (χ0v) is 17.0. The van der Waals surface area contributed by atoms with Crippen molar-refractivity contribution in [1.82, 2.24) is 9.55 Å². The first-order valence-electron chi connectivity index (χ1n) is 9.65. The molecule has 0 amide bonds. The summed E-state index contributed by atoms with van der Waals surface area (Å²) < 4.78 is 17.0. The van der Waals surface area contributed by atoms with Crippen molar-refractivity contribution in [3.8, 4) is 11.4 Å². The lowest BCUT2D eigenvalue weighted by Gasteiger charge is -2.21.